The Morgan fingerprint density at radius 3 is 2.82 bits per heavy atom. The average Bonchev–Trinajstić information content (AvgIpc) is 2.32. The monoisotopic (exact) mass is 254 g/mol. The van der Waals surface area contributed by atoms with Crippen molar-refractivity contribution in [3.8, 4) is 0 Å². The first kappa shape index (κ1) is 12.4. The van der Waals surface area contributed by atoms with Crippen LogP contribution in [0.25, 0.3) is 0 Å². The van der Waals surface area contributed by atoms with E-state index in [1.54, 1.807) is 23.9 Å². The number of nitrogens with zero attached hydrogens (tertiary/aromatic N) is 1. The number of piperazine rings is 1. The Morgan fingerprint density at radius 2 is 2.12 bits per heavy atom. The first-order valence-electron chi connectivity index (χ1n) is 5.61. The topological polar surface area (TPSA) is 32.3 Å². The number of nitrogens with one attached hydrogen (secondary N) is 1. The predicted octanol–water partition coefficient (Wildman–Crippen LogP) is 1.35. The molecule has 0 aromatic heterocycles. The molecule has 1 aromatic carbocycles. The highest BCUT2D eigenvalue weighted by molar-refractivity contribution is 7.99. The zero-order chi connectivity index (χ0) is 12.1. The van der Waals surface area contributed by atoms with Crippen molar-refractivity contribution in [2.75, 3.05) is 31.9 Å². The summed E-state index contributed by atoms with van der Waals surface area (Å²) in [6.07, 6.45) is 0. The van der Waals surface area contributed by atoms with Gasteiger partial charge in [0.25, 0.3) is 0 Å². The lowest BCUT2D eigenvalue weighted by Crippen LogP contribution is -2.48. The molecular formula is C12H15FN2OS. The Balaban J connectivity index is 1.72. The summed E-state index contributed by atoms with van der Waals surface area (Å²) in [6, 6.07) is 6.50. The van der Waals surface area contributed by atoms with Crippen molar-refractivity contribution in [2.24, 2.45) is 0 Å². The third kappa shape index (κ3) is 4.02. The molecule has 1 amide bonds. The molecule has 0 unspecified atom stereocenters. The number of hydrogen-bond acceptors (Lipinski definition) is 3. The largest absolute Gasteiger partial charge is 0.354 e. The summed E-state index contributed by atoms with van der Waals surface area (Å²) in [5.41, 5.74) is 0. The number of thioether (sulfide) groups is 1. The Morgan fingerprint density at radius 1 is 1.35 bits per heavy atom. The van der Waals surface area contributed by atoms with Crippen LogP contribution < -0.4 is 5.32 Å². The highest BCUT2D eigenvalue weighted by Crippen LogP contribution is 2.18. The molecule has 0 saturated carbocycles. The molecule has 1 saturated heterocycles. The second kappa shape index (κ2) is 6.02. The van der Waals surface area contributed by atoms with Crippen LogP contribution in [-0.4, -0.2) is 42.7 Å². The van der Waals surface area contributed by atoms with E-state index in [0.717, 1.165) is 30.3 Å². The first-order chi connectivity index (χ1) is 8.24. The van der Waals surface area contributed by atoms with E-state index >= 15 is 0 Å². The molecule has 1 aromatic rings. The zero-order valence-corrected chi connectivity index (χ0v) is 10.3. The van der Waals surface area contributed by atoms with Gasteiger partial charge in [-0.3, -0.25) is 9.69 Å². The van der Waals surface area contributed by atoms with Crippen molar-refractivity contribution in [1.29, 1.82) is 0 Å². The maximum absolute atomic E-state index is 12.7. The second-order valence-electron chi connectivity index (χ2n) is 3.93. The molecule has 1 heterocycles. The fraction of sp³-hybridized carbons (Fsp3) is 0.417. The Labute approximate surface area is 104 Å². The first-order valence-corrected chi connectivity index (χ1v) is 6.60. The summed E-state index contributed by atoms with van der Waals surface area (Å²) >= 11 is 1.68. The summed E-state index contributed by atoms with van der Waals surface area (Å²) in [4.78, 5) is 14.3. The van der Waals surface area contributed by atoms with Crippen LogP contribution in [0.5, 0.6) is 0 Å². The number of carbonyl (C=O) groups excluding carboxylic acids is 1. The van der Waals surface area contributed by atoms with Gasteiger partial charge in [-0.25, -0.2) is 4.39 Å². The molecule has 17 heavy (non-hydrogen) atoms. The van der Waals surface area contributed by atoms with Gasteiger partial charge in [-0.15, -0.1) is 11.8 Å². The third-order valence-electron chi connectivity index (χ3n) is 2.61. The van der Waals surface area contributed by atoms with Gasteiger partial charge >= 0.3 is 0 Å². The predicted molar refractivity (Wildman–Crippen MR) is 66.6 cm³/mol. The molecule has 3 nitrogen and oxygen atoms in total. The number of hydrogen-bond donors (Lipinski definition) is 1. The normalized spacial score (nSPS) is 16.9. The summed E-state index contributed by atoms with van der Waals surface area (Å²) < 4.78 is 12.7. The number of rotatable bonds is 4. The van der Waals surface area contributed by atoms with Crippen LogP contribution in [0.3, 0.4) is 0 Å². The standard InChI is InChI=1S/C12H15FN2OS/c13-10-1-3-11(4-2-10)17-8-7-15-6-5-14-12(16)9-15/h1-4H,5-9H2,(H,14,16). The van der Waals surface area contributed by atoms with Crippen LogP contribution in [0.1, 0.15) is 0 Å². The SMILES string of the molecule is O=C1CN(CCSc2ccc(F)cc2)CCN1. The summed E-state index contributed by atoms with van der Waals surface area (Å²) in [5.74, 6) is 0.809. The van der Waals surface area contributed by atoms with Crippen molar-refractivity contribution < 1.29 is 9.18 Å². The fourth-order valence-electron chi connectivity index (χ4n) is 1.71. The molecule has 0 bridgehead atoms. The third-order valence-corrected chi connectivity index (χ3v) is 3.60. The minimum absolute atomic E-state index is 0.100. The van der Waals surface area contributed by atoms with Gasteiger partial charge in [0.05, 0.1) is 6.54 Å². The molecule has 2 rings (SSSR count). The zero-order valence-electron chi connectivity index (χ0n) is 9.49. The summed E-state index contributed by atoms with van der Waals surface area (Å²) in [5, 5.41) is 2.80. The molecule has 0 aliphatic carbocycles. The average molecular weight is 254 g/mol. The van der Waals surface area contributed by atoms with Crippen LogP contribution >= 0.6 is 11.8 Å². The van der Waals surface area contributed by atoms with Crippen molar-refractivity contribution >= 4 is 17.7 Å². The van der Waals surface area contributed by atoms with E-state index in [4.69, 9.17) is 0 Å². The van der Waals surface area contributed by atoms with Crippen LogP contribution in [0.15, 0.2) is 29.2 Å². The van der Waals surface area contributed by atoms with Gasteiger partial charge in [-0.05, 0) is 24.3 Å². The molecule has 1 N–H and O–H groups in total. The molecule has 92 valence electrons. The molecule has 0 spiro atoms. The lowest BCUT2D eigenvalue weighted by atomic mass is 10.3. The van der Waals surface area contributed by atoms with Gasteiger partial charge in [0, 0.05) is 30.3 Å². The molecule has 5 heteroatoms. The maximum atomic E-state index is 12.7. The molecule has 1 fully saturated rings. The van der Waals surface area contributed by atoms with Crippen LogP contribution in [0.4, 0.5) is 4.39 Å². The smallest absolute Gasteiger partial charge is 0.234 e. The van der Waals surface area contributed by atoms with Gasteiger partial charge in [0.2, 0.25) is 5.91 Å². The number of carbonyl (C=O) groups is 1. The van der Waals surface area contributed by atoms with Crippen molar-refractivity contribution in [3.05, 3.63) is 30.1 Å². The van der Waals surface area contributed by atoms with E-state index in [0.29, 0.717) is 6.54 Å². The summed E-state index contributed by atoms with van der Waals surface area (Å²) in [6.45, 7) is 3.02. The number of benzene rings is 1. The molecule has 0 atom stereocenters. The Hall–Kier alpha value is -1.07. The highest BCUT2D eigenvalue weighted by Gasteiger charge is 2.15. The highest BCUT2D eigenvalue weighted by atomic mass is 32.2. The van der Waals surface area contributed by atoms with Crippen LogP contribution in [-0.2, 0) is 4.79 Å². The van der Waals surface area contributed by atoms with E-state index in [9.17, 15) is 9.18 Å². The van der Waals surface area contributed by atoms with E-state index < -0.39 is 0 Å². The minimum atomic E-state index is -0.206. The fourth-order valence-corrected chi connectivity index (χ4v) is 2.62. The Kier molecular flexibility index (Phi) is 4.39. The molecule has 1 aliphatic rings. The van der Waals surface area contributed by atoms with Gasteiger partial charge in [0.15, 0.2) is 0 Å². The van der Waals surface area contributed by atoms with Crippen molar-refractivity contribution in [3.63, 3.8) is 0 Å². The maximum Gasteiger partial charge on any atom is 0.234 e. The molecule has 0 radical (unpaired) electrons. The molecular weight excluding hydrogens is 239 g/mol. The van der Waals surface area contributed by atoms with E-state index in [2.05, 4.69) is 10.2 Å². The van der Waals surface area contributed by atoms with Gasteiger partial charge in [-0.1, -0.05) is 0 Å². The van der Waals surface area contributed by atoms with Crippen LogP contribution in [0, 0.1) is 5.82 Å². The lowest BCUT2D eigenvalue weighted by molar-refractivity contribution is -0.123. The second-order valence-corrected chi connectivity index (χ2v) is 5.10. The van der Waals surface area contributed by atoms with Crippen LogP contribution in [0.2, 0.25) is 0 Å². The van der Waals surface area contributed by atoms with Gasteiger partial charge < -0.3 is 5.32 Å². The van der Waals surface area contributed by atoms with Gasteiger partial charge in [-0.2, -0.15) is 0 Å². The van der Waals surface area contributed by atoms with E-state index in [-0.39, 0.29) is 11.7 Å². The van der Waals surface area contributed by atoms with Crippen molar-refractivity contribution in [1.82, 2.24) is 10.2 Å². The van der Waals surface area contributed by atoms with E-state index in [1.807, 2.05) is 0 Å². The quantitative estimate of drug-likeness (QED) is 0.823. The Bertz CT molecular complexity index is 383. The van der Waals surface area contributed by atoms with Gasteiger partial charge in [0.1, 0.15) is 5.82 Å². The van der Waals surface area contributed by atoms with Crippen molar-refractivity contribution in [2.45, 2.75) is 4.90 Å². The summed E-state index contributed by atoms with van der Waals surface area (Å²) in [7, 11) is 0. The molecule has 1 aliphatic heterocycles. The minimum Gasteiger partial charge on any atom is -0.354 e. The number of amides is 1. The number of halogens is 1. The lowest BCUT2D eigenvalue weighted by Gasteiger charge is -2.26. The van der Waals surface area contributed by atoms with E-state index in [1.165, 1.54) is 12.1 Å².